The summed E-state index contributed by atoms with van der Waals surface area (Å²) in [6, 6.07) is 9.48. The highest BCUT2D eigenvalue weighted by Gasteiger charge is 2.23. The van der Waals surface area contributed by atoms with Gasteiger partial charge in [-0.05, 0) is 35.4 Å². The zero-order valence-electron chi connectivity index (χ0n) is 9.66. The molecular formula is C14H12F2N2. The van der Waals surface area contributed by atoms with Crippen LogP contribution in [0.1, 0.15) is 11.1 Å². The molecule has 0 radical (unpaired) electrons. The molecule has 2 N–H and O–H groups in total. The van der Waals surface area contributed by atoms with Gasteiger partial charge in [-0.3, -0.25) is 0 Å². The molecule has 0 aromatic heterocycles. The molecule has 2 nitrogen and oxygen atoms in total. The normalized spacial score (nSPS) is 13.8. The van der Waals surface area contributed by atoms with Gasteiger partial charge in [0, 0.05) is 18.8 Å². The molecule has 1 aliphatic heterocycles. The Morgan fingerprint density at radius 1 is 0.944 bits per heavy atom. The highest BCUT2D eigenvalue weighted by Crippen LogP contribution is 2.32. The third kappa shape index (κ3) is 1.70. The van der Waals surface area contributed by atoms with Crippen LogP contribution in [0.5, 0.6) is 0 Å². The average molecular weight is 246 g/mol. The molecule has 2 aromatic carbocycles. The summed E-state index contributed by atoms with van der Waals surface area (Å²) in [5.74, 6) is -1.06. The van der Waals surface area contributed by atoms with Gasteiger partial charge in [0.25, 0.3) is 0 Å². The topological polar surface area (TPSA) is 29.3 Å². The Labute approximate surface area is 104 Å². The fourth-order valence-corrected chi connectivity index (χ4v) is 2.36. The van der Waals surface area contributed by atoms with Crippen LogP contribution >= 0.6 is 0 Å². The quantitative estimate of drug-likeness (QED) is 0.783. The lowest BCUT2D eigenvalue weighted by molar-refractivity contribution is 0.573. The second-order valence-electron chi connectivity index (χ2n) is 4.45. The number of nitrogens with two attached hydrogens (primary N) is 1. The van der Waals surface area contributed by atoms with Gasteiger partial charge >= 0.3 is 0 Å². The van der Waals surface area contributed by atoms with E-state index in [-0.39, 0.29) is 5.69 Å². The zero-order valence-corrected chi connectivity index (χ0v) is 9.66. The molecule has 0 saturated carbocycles. The summed E-state index contributed by atoms with van der Waals surface area (Å²) in [7, 11) is 0. The SMILES string of the molecule is Nc1ccc2c(c1)CN(c1c(F)cccc1F)C2. The van der Waals surface area contributed by atoms with Gasteiger partial charge in [0.15, 0.2) is 0 Å². The first-order chi connectivity index (χ1) is 8.65. The molecule has 1 heterocycles. The van der Waals surface area contributed by atoms with E-state index in [4.69, 9.17) is 5.73 Å². The van der Waals surface area contributed by atoms with Crippen LogP contribution in [-0.2, 0) is 13.1 Å². The number of para-hydroxylation sites is 1. The van der Waals surface area contributed by atoms with Crippen molar-refractivity contribution in [1.82, 2.24) is 0 Å². The zero-order chi connectivity index (χ0) is 12.7. The van der Waals surface area contributed by atoms with Crippen molar-refractivity contribution >= 4 is 11.4 Å². The van der Waals surface area contributed by atoms with Crippen LogP contribution in [0.2, 0.25) is 0 Å². The number of benzene rings is 2. The van der Waals surface area contributed by atoms with Crippen molar-refractivity contribution in [1.29, 1.82) is 0 Å². The maximum atomic E-state index is 13.7. The first-order valence-corrected chi connectivity index (χ1v) is 5.71. The van der Waals surface area contributed by atoms with E-state index in [0.717, 1.165) is 11.1 Å². The van der Waals surface area contributed by atoms with E-state index in [1.165, 1.54) is 18.2 Å². The maximum Gasteiger partial charge on any atom is 0.149 e. The molecule has 0 aliphatic carbocycles. The van der Waals surface area contributed by atoms with E-state index in [1.807, 2.05) is 12.1 Å². The average Bonchev–Trinajstić information content (AvgIpc) is 2.71. The second-order valence-corrected chi connectivity index (χ2v) is 4.45. The highest BCUT2D eigenvalue weighted by molar-refractivity contribution is 5.56. The van der Waals surface area contributed by atoms with E-state index in [0.29, 0.717) is 18.8 Å². The molecule has 0 bridgehead atoms. The van der Waals surface area contributed by atoms with Gasteiger partial charge in [-0.1, -0.05) is 12.1 Å². The first kappa shape index (κ1) is 11.0. The number of anilines is 2. The van der Waals surface area contributed by atoms with Crippen LogP contribution in [0.25, 0.3) is 0 Å². The standard InChI is InChI=1S/C14H12F2N2/c15-12-2-1-3-13(16)14(12)18-7-9-4-5-11(17)6-10(9)8-18/h1-6H,7-8,17H2. The highest BCUT2D eigenvalue weighted by atomic mass is 19.1. The summed E-state index contributed by atoms with van der Waals surface area (Å²) in [4.78, 5) is 1.69. The van der Waals surface area contributed by atoms with Crippen molar-refractivity contribution in [2.24, 2.45) is 0 Å². The van der Waals surface area contributed by atoms with Gasteiger partial charge in [-0.15, -0.1) is 0 Å². The Bertz CT molecular complexity index is 590. The monoisotopic (exact) mass is 246 g/mol. The molecule has 0 spiro atoms. The summed E-state index contributed by atoms with van der Waals surface area (Å²) in [6.07, 6.45) is 0. The van der Waals surface area contributed by atoms with E-state index in [1.54, 1.807) is 11.0 Å². The Balaban J connectivity index is 1.99. The van der Waals surface area contributed by atoms with Crippen molar-refractivity contribution in [3.05, 3.63) is 59.2 Å². The molecule has 0 unspecified atom stereocenters. The molecule has 0 amide bonds. The minimum absolute atomic E-state index is 0.0345. The lowest BCUT2D eigenvalue weighted by atomic mass is 10.1. The van der Waals surface area contributed by atoms with E-state index in [2.05, 4.69) is 0 Å². The summed E-state index contributed by atoms with van der Waals surface area (Å²) in [5.41, 5.74) is 8.50. The Hall–Kier alpha value is -2.10. The maximum absolute atomic E-state index is 13.7. The molecule has 0 fully saturated rings. The van der Waals surface area contributed by atoms with Gasteiger partial charge in [0.1, 0.15) is 17.3 Å². The Morgan fingerprint density at radius 2 is 1.61 bits per heavy atom. The fourth-order valence-electron chi connectivity index (χ4n) is 2.36. The third-order valence-corrected chi connectivity index (χ3v) is 3.21. The number of hydrogen-bond acceptors (Lipinski definition) is 2. The molecule has 2 aromatic rings. The van der Waals surface area contributed by atoms with E-state index >= 15 is 0 Å². The van der Waals surface area contributed by atoms with Crippen molar-refractivity contribution < 1.29 is 8.78 Å². The third-order valence-electron chi connectivity index (χ3n) is 3.21. The van der Waals surface area contributed by atoms with Crippen LogP contribution in [-0.4, -0.2) is 0 Å². The lowest BCUT2D eigenvalue weighted by Crippen LogP contribution is -2.17. The first-order valence-electron chi connectivity index (χ1n) is 5.71. The summed E-state index contributed by atoms with van der Waals surface area (Å²) < 4.78 is 27.4. The van der Waals surface area contributed by atoms with Gasteiger partial charge in [-0.25, -0.2) is 8.78 Å². The fraction of sp³-hybridized carbons (Fsp3) is 0.143. The number of nitrogens with zero attached hydrogens (tertiary/aromatic N) is 1. The molecular weight excluding hydrogens is 234 g/mol. The predicted molar refractivity (Wildman–Crippen MR) is 67.1 cm³/mol. The van der Waals surface area contributed by atoms with Crippen LogP contribution in [0, 0.1) is 11.6 Å². The minimum Gasteiger partial charge on any atom is -0.399 e. The minimum atomic E-state index is -0.532. The molecule has 92 valence electrons. The number of rotatable bonds is 1. The van der Waals surface area contributed by atoms with Crippen LogP contribution < -0.4 is 10.6 Å². The smallest absolute Gasteiger partial charge is 0.149 e. The summed E-state index contributed by atoms with van der Waals surface area (Å²) in [6.45, 7) is 0.992. The van der Waals surface area contributed by atoms with Gasteiger partial charge < -0.3 is 10.6 Å². The number of fused-ring (bicyclic) bond motifs is 1. The molecule has 3 rings (SSSR count). The van der Waals surface area contributed by atoms with Gasteiger partial charge in [0.05, 0.1) is 0 Å². The summed E-state index contributed by atoms with van der Waals surface area (Å²) in [5, 5.41) is 0. The number of hydrogen-bond donors (Lipinski definition) is 1. The van der Waals surface area contributed by atoms with Crippen LogP contribution in [0.4, 0.5) is 20.2 Å². The molecule has 0 atom stereocenters. The lowest BCUT2D eigenvalue weighted by Gasteiger charge is -2.18. The Morgan fingerprint density at radius 3 is 2.33 bits per heavy atom. The van der Waals surface area contributed by atoms with Gasteiger partial charge in [0.2, 0.25) is 0 Å². The molecule has 18 heavy (non-hydrogen) atoms. The number of nitrogen functional groups attached to an aromatic ring is 1. The van der Waals surface area contributed by atoms with E-state index in [9.17, 15) is 8.78 Å². The van der Waals surface area contributed by atoms with Crippen molar-refractivity contribution in [3.63, 3.8) is 0 Å². The van der Waals surface area contributed by atoms with Crippen molar-refractivity contribution in [3.8, 4) is 0 Å². The van der Waals surface area contributed by atoms with Crippen molar-refractivity contribution in [2.45, 2.75) is 13.1 Å². The van der Waals surface area contributed by atoms with Crippen LogP contribution in [0.15, 0.2) is 36.4 Å². The predicted octanol–water partition coefficient (Wildman–Crippen LogP) is 3.07. The molecule has 0 saturated heterocycles. The second kappa shape index (κ2) is 3.98. The molecule has 1 aliphatic rings. The number of halogens is 2. The Kier molecular flexibility index (Phi) is 2.44. The van der Waals surface area contributed by atoms with E-state index < -0.39 is 11.6 Å². The summed E-state index contributed by atoms with van der Waals surface area (Å²) >= 11 is 0. The van der Waals surface area contributed by atoms with Crippen molar-refractivity contribution in [2.75, 3.05) is 10.6 Å². The molecule has 4 heteroatoms. The largest absolute Gasteiger partial charge is 0.399 e. The van der Waals surface area contributed by atoms with Gasteiger partial charge in [-0.2, -0.15) is 0 Å². The van der Waals surface area contributed by atoms with Crippen LogP contribution in [0.3, 0.4) is 0 Å².